The summed E-state index contributed by atoms with van der Waals surface area (Å²) in [6.07, 6.45) is 1.77. The molecule has 1 atom stereocenters. The molecule has 0 aliphatic rings. The average molecular weight is 273 g/mol. The fourth-order valence-corrected chi connectivity index (χ4v) is 1.37. The minimum atomic E-state index is 0.106. The molecule has 0 aliphatic heterocycles. The molecule has 4 nitrogen and oxygen atoms in total. The van der Waals surface area contributed by atoms with E-state index in [1.165, 1.54) is 0 Å². The van der Waals surface area contributed by atoms with Crippen LogP contribution < -0.4 is 11.1 Å². The predicted octanol–water partition coefficient (Wildman–Crippen LogP) is 2.12. The van der Waals surface area contributed by atoms with E-state index in [1.54, 1.807) is 6.20 Å². The molecule has 1 aromatic heterocycles. The van der Waals surface area contributed by atoms with Crippen molar-refractivity contribution in [2.24, 2.45) is 5.73 Å². The molecule has 1 aromatic rings. The van der Waals surface area contributed by atoms with Gasteiger partial charge in [-0.2, -0.15) is 0 Å². The van der Waals surface area contributed by atoms with Gasteiger partial charge in [0.1, 0.15) is 11.6 Å². The summed E-state index contributed by atoms with van der Waals surface area (Å²) in [7, 11) is 0. The van der Waals surface area contributed by atoms with Crippen LogP contribution in [0.25, 0.3) is 0 Å². The Morgan fingerprint density at radius 1 is 1.47 bits per heavy atom. The van der Waals surface area contributed by atoms with Crippen molar-refractivity contribution in [1.29, 1.82) is 0 Å². The van der Waals surface area contributed by atoms with E-state index in [0.29, 0.717) is 12.5 Å². The predicted molar refractivity (Wildman–Crippen MR) is 66.0 cm³/mol. The Hall–Kier alpha value is -0.680. The zero-order valence-electron chi connectivity index (χ0n) is 9.29. The summed E-state index contributed by atoms with van der Waals surface area (Å²) in [6.45, 7) is 6.79. The summed E-state index contributed by atoms with van der Waals surface area (Å²) in [5, 5.41) is 3.18. The highest BCUT2D eigenvalue weighted by Crippen LogP contribution is 2.20. The number of anilines is 1. The molecule has 84 valence electrons. The molecule has 0 saturated heterocycles. The minimum Gasteiger partial charge on any atom is -0.367 e. The van der Waals surface area contributed by atoms with E-state index in [9.17, 15) is 0 Å². The second kappa shape index (κ2) is 5.42. The van der Waals surface area contributed by atoms with Crippen molar-refractivity contribution in [3.05, 3.63) is 16.5 Å². The molecule has 0 saturated carbocycles. The van der Waals surface area contributed by atoms with Crippen LogP contribution in [0.5, 0.6) is 0 Å². The molecule has 0 spiro atoms. The maximum absolute atomic E-state index is 5.67. The highest BCUT2D eigenvalue weighted by Gasteiger charge is 2.07. The Kier molecular flexibility index (Phi) is 4.47. The molecular formula is C10H17BrN4. The van der Waals surface area contributed by atoms with Crippen LogP contribution in [0.15, 0.2) is 10.7 Å². The lowest BCUT2D eigenvalue weighted by atomic mass is 10.2. The maximum Gasteiger partial charge on any atom is 0.144 e. The molecule has 0 aliphatic carbocycles. The number of aromatic nitrogens is 2. The Labute approximate surface area is 98.8 Å². The number of hydrogen-bond donors (Lipinski definition) is 2. The van der Waals surface area contributed by atoms with E-state index >= 15 is 0 Å². The van der Waals surface area contributed by atoms with Crippen LogP contribution in [-0.4, -0.2) is 22.6 Å². The highest BCUT2D eigenvalue weighted by molar-refractivity contribution is 9.10. The Morgan fingerprint density at radius 2 is 2.13 bits per heavy atom. The fourth-order valence-electron chi connectivity index (χ4n) is 1.04. The quantitative estimate of drug-likeness (QED) is 0.882. The topological polar surface area (TPSA) is 63.8 Å². The maximum atomic E-state index is 5.67. The van der Waals surface area contributed by atoms with E-state index in [-0.39, 0.29) is 6.04 Å². The first-order valence-corrected chi connectivity index (χ1v) is 5.82. The monoisotopic (exact) mass is 272 g/mol. The second-order valence-electron chi connectivity index (χ2n) is 3.94. The third-order valence-electron chi connectivity index (χ3n) is 1.87. The van der Waals surface area contributed by atoms with E-state index < -0.39 is 0 Å². The van der Waals surface area contributed by atoms with Gasteiger partial charge in [0.15, 0.2) is 0 Å². The van der Waals surface area contributed by atoms with Gasteiger partial charge in [0.05, 0.1) is 4.47 Å². The molecule has 3 N–H and O–H groups in total. The van der Waals surface area contributed by atoms with Crippen LogP contribution >= 0.6 is 15.9 Å². The minimum absolute atomic E-state index is 0.106. The Morgan fingerprint density at radius 3 is 2.67 bits per heavy atom. The lowest BCUT2D eigenvalue weighted by Crippen LogP contribution is -2.25. The van der Waals surface area contributed by atoms with Crippen LogP contribution in [0.4, 0.5) is 5.82 Å². The summed E-state index contributed by atoms with van der Waals surface area (Å²) in [5.41, 5.74) is 5.67. The summed E-state index contributed by atoms with van der Waals surface area (Å²) in [6, 6.07) is 0.106. The molecule has 0 fully saturated rings. The molecule has 15 heavy (non-hydrogen) atoms. The Bertz CT molecular complexity index is 325. The van der Waals surface area contributed by atoms with Gasteiger partial charge in [0, 0.05) is 24.7 Å². The van der Waals surface area contributed by atoms with Gasteiger partial charge in [-0.05, 0) is 22.9 Å². The van der Waals surface area contributed by atoms with Crippen molar-refractivity contribution in [1.82, 2.24) is 9.97 Å². The first-order chi connectivity index (χ1) is 7.00. The van der Waals surface area contributed by atoms with Gasteiger partial charge < -0.3 is 11.1 Å². The number of nitrogens with zero attached hydrogens (tertiary/aromatic N) is 2. The van der Waals surface area contributed by atoms with Gasteiger partial charge in [0.2, 0.25) is 0 Å². The van der Waals surface area contributed by atoms with Crippen LogP contribution in [0, 0.1) is 0 Å². The van der Waals surface area contributed by atoms with Crippen molar-refractivity contribution in [2.45, 2.75) is 32.7 Å². The Balaban J connectivity index is 2.81. The fraction of sp³-hybridized carbons (Fsp3) is 0.600. The van der Waals surface area contributed by atoms with Crippen LogP contribution in [0.3, 0.4) is 0 Å². The van der Waals surface area contributed by atoms with Gasteiger partial charge in [-0.3, -0.25) is 0 Å². The summed E-state index contributed by atoms with van der Waals surface area (Å²) in [4.78, 5) is 8.66. The normalized spacial score (nSPS) is 12.9. The van der Waals surface area contributed by atoms with Gasteiger partial charge in [-0.15, -0.1) is 0 Å². The largest absolute Gasteiger partial charge is 0.367 e. The van der Waals surface area contributed by atoms with E-state index in [2.05, 4.69) is 45.1 Å². The highest BCUT2D eigenvalue weighted by atomic mass is 79.9. The third kappa shape index (κ3) is 3.76. The van der Waals surface area contributed by atoms with Crippen molar-refractivity contribution < 1.29 is 0 Å². The first kappa shape index (κ1) is 12.4. The van der Waals surface area contributed by atoms with E-state index in [1.807, 2.05) is 6.92 Å². The molecule has 0 amide bonds. The molecule has 0 bridgehead atoms. The zero-order chi connectivity index (χ0) is 11.4. The zero-order valence-corrected chi connectivity index (χ0v) is 10.9. The van der Waals surface area contributed by atoms with Crippen LogP contribution in [0.2, 0.25) is 0 Å². The molecule has 1 unspecified atom stereocenters. The average Bonchev–Trinajstić information content (AvgIpc) is 2.16. The molecule has 0 aromatic carbocycles. The smallest absolute Gasteiger partial charge is 0.144 e. The summed E-state index contributed by atoms with van der Waals surface area (Å²) in [5.74, 6) is 1.98. The van der Waals surface area contributed by atoms with Gasteiger partial charge in [-0.1, -0.05) is 13.8 Å². The van der Waals surface area contributed by atoms with Gasteiger partial charge in [0.25, 0.3) is 0 Å². The van der Waals surface area contributed by atoms with Crippen molar-refractivity contribution >= 4 is 21.7 Å². The molecule has 1 heterocycles. The SMILES string of the molecule is CC(N)CNc1nc(C(C)C)ncc1Br. The standard InChI is InChI=1S/C10H17BrN4/c1-6(2)9-14-5-8(11)10(15-9)13-4-7(3)12/h5-7H,4,12H2,1-3H3,(H,13,14,15). The number of halogens is 1. The summed E-state index contributed by atoms with van der Waals surface area (Å²) >= 11 is 3.40. The van der Waals surface area contributed by atoms with E-state index in [4.69, 9.17) is 5.73 Å². The number of hydrogen-bond acceptors (Lipinski definition) is 4. The van der Waals surface area contributed by atoms with Crippen molar-refractivity contribution in [3.63, 3.8) is 0 Å². The lowest BCUT2D eigenvalue weighted by Gasteiger charge is -2.11. The number of rotatable bonds is 4. The van der Waals surface area contributed by atoms with Gasteiger partial charge >= 0.3 is 0 Å². The van der Waals surface area contributed by atoms with E-state index in [0.717, 1.165) is 16.1 Å². The van der Waals surface area contributed by atoms with Crippen molar-refractivity contribution in [3.8, 4) is 0 Å². The van der Waals surface area contributed by atoms with Gasteiger partial charge in [-0.25, -0.2) is 9.97 Å². The molecule has 1 rings (SSSR count). The van der Waals surface area contributed by atoms with Crippen molar-refractivity contribution in [2.75, 3.05) is 11.9 Å². The second-order valence-corrected chi connectivity index (χ2v) is 4.79. The summed E-state index contributed by atoms with van der Waals surface area (Å²) < 4.78 is 0.868. The van der Waals surface area contributed by atoms with Crippen LogP contribution in [0.1, 0.15) is 32.5 Å². The third-order valence-corrected chi connectivity index (χ3v) is 2.45. The molecule has 0 radical (unpaired) electrons. The van der Waals surface area contributed by atoms with Crippen LogP contribution in [-0.2, 0) is 0 Å². The lowest BCUT2D eigenvalue weighted by molar-refractivity contribution is 0.755. The number of nitrogens with two attached hydrogens (primary N) is 1. The number of nitrogens with one attached hydrogen (secondary N) is 1. The molecular weight excluding hydrogens is 256 g/mol. The molecule has 5 heteroatoms. The first-order valence-electron chi connectivity index (χ1n) is 5.02.